The van der Waals surface area contributed by atoms with E-state index in [1.54, 1.807) is 7.05 Å². The molecule has 1 atom stereocenters. The molecule has 0 spiro atoms. The van der Waals surface area contributed by atoms with E-state index in [0.717, 1.165) is 31.7 Å². The zero-order chi connectivity index (χ0) is 17.8. The Kier molecular flexibility index (Phi) is 5.45. The molecule has 0 bridgehead atoms. The number of aryl methyl sites for hydroxylation is 1. The van der Waals surface area contributed by atoms with Crippen molar-refractivity contribution in [1.82, 2.24) is 25.3 Å². The van der Waals surface area contributed by atoms with Gasteiger partial charge in [-0.15, -0.1) is 0 Å². The molecule has 1 amide bonds. The molecule has 1 aromatic heterocycles. The number of amides is 1. The Hall–Kier alpha value is -2.25. The summed E-state index contributed by atoms with van der Waals surface area (Å²) >= 11 is 0. The number of rotatable bonds is 5. The van der Waals surface area contributed by atoms with Crippen LogP contribution in [0.4, 0.5) is 0 Å². The molecule has 0 saturated carbocycles. The summed E-state index contributed by atoms with van der Waals surface area (Å²) in [6, 6.07) is 8.11. The third-order valence-corrected chi connectivity index (χ3v) is 4.65. The minimum absolute atomic E-state index is 0.0354. The second kappa shape index (κ2) is 7.76. The van der Waals surface area contributed by atoms with E-state index in [1.165, 1.54) is 5.56 Å². The Morgan fingerprint density at radius 3 is 2.56 bits per heavy atom. The molecular weight excluding hydrogens is 318 g/mol. The lowest BCUT2D eigenvalue weighted by Crippen LogP contribution is -2.51. The lowest BCUT2D eigenvalue weighted by atomic mass is 10.1. The normalized spacial score (nSPS) is 16.8. The van der Waals surface area contributed by atoms with E-state index in [2.05, 4.69) is 34.2 Å². The van der Waals surface area contributed by atoms with Gasteiger partial charge in [-0.05, 0) is 20.9 Å². The molecule has 3 rings (SSSR count). The average molecular weight is 343 g/mol. The number of carbonyl (C=O) groups excluding carboxylic acids is 1. The minimum atomic E-state index is 0.0354. The van der Waals surface area contributed by atoms with Crippen molar-refractivity contribution in [1.29, 1.82) is 0 Å². The molecule has 1 aliphatic heterocycles. The van der Waals surface area contributed by atoms with E-state index < -0.39 is 0 Å². The van der Waals surface area contributed by atoms with Gasteiger partial charge in [-0.2, -0.15) is 4.98 Å². The predicted molar refractivity (Wildman–Crippen MR) is 95.0 cm³/mol. The lowest BCUT2D eigenvalue weighted by molar-refractivity contribution is -0.132. The number of nitrogens with one attached hydrogen (secondary N) is 1. The molecule has 1 unspecified atom stereocenters. The van der Waals surface area contributed by atoms with Gasteiger partial charge in [0.05, 0.1) is 12.6 Å². The van der Waals surface area contributed by atoms with Crippen LogP contribution in [0.3, 0.4) is 0 Å². The third-order valence-electron chi connectivity index (χ3n) is 4.65. The summed E-state index contributed by atoms with van der Waals surface area (Å²) in [4.78, 5) is 20.7. The van der Waals surface area contributed by atoms with E-state index in [4.69, 9.17) is 4.52 Å². The minimum Gasteiger partial charge on any atom is -0.339 e. The van der Waals surface area contributed by atoms with Crippen LogP contribution in [0.1, 0.15) is 24.4 Å². The SMILES string of the molecule is CNCC(=O)N1CCN(C(C)c2nc(-c3ccc(C)cc3)no2)CC1. The molecule has 7 nitrogen and oxygen atoms in total. The molecule has 1 aliphatic rings. The zero-order valence-electron chi connectivity index (χ0n) is 15.0. The summed E-state index contributed by atoms with van der Waals surface area (Å²) in [6.45, 7) is 7.57. The fourth-order valence-electron chi connectivity index (χ4n) is 3.00. The molecule has 1 saturated heterocycles. The summed E-state index contributed by atoms with van der Waals surface area (Å²) in [5, 5.41) is 7.02. The number of hydrogen-bond donors (Lipinski definition) is 1. The van der Waals surface area contributed by atoms with Crippen molar-refractivity contribution in [2.24, 2.45) is 0 Å². The fourth-order valence-corrected chi connectivity index (χ4v) is 3.00. The van der Waals surface area contributed by atoms with E-state index in [9.17, 15) is 4.79 Å². The van der Waals surface area contributed by atoms with Gasteiger partial charge in [0, 0.05) is 31.7 Å². The monoisotopic (exact) mass is 343 g/mol. The van der Waals surface area contributed by atoms with Crippen molar-refractivity contribution in [3.8, 4) is 11.4 Å². The molecule has 2 heterocycles. The van der Waals surface area contributed by atoms with Gasteiger partial charge in [0.2, 0.25) is 17.6 Å². The Labute approximate surface area is 148 Å². The first-order valence-corrected chi connectivity index (χ1v) is 8.65. The number of aromatic nitrogens is 2. The Morgan fingerprint density at radius 1 is 1.24 bits per heavy atom. The van der Waals surface area contributed by atoms with Crippen LogP contribution < -0.4 is 5.32 Å². The number of likely N-dealkylation sites (N-methyl/N-ethyl adjacent to an activating group) is 1. The largest absolute Gasteiger partial charge is 0.339 e. The summed E-state index contributed by atoms with van der Waals surface area (Å²) in [7, 11) is 1.79. The highest BCUT2D eigenvalue weighted by atomic mass is 16.5. The standard InChI is InChI=1S/C18H25N5O2/c1-13-4-6-15(7-5-13)17-20-18(25-21-17)14(2)22-8-10-23(11-9-22)16(24)12-19-3/h4-7,14,19H,8-12H2,1-3H3. The number of hydrogen-bond acceptors (Lipinski definition) is 6. The molecule has 1 fully saturated rings. The number of benzene rings is 1. The van der Waals surface area contributed by atoms with Crippen molar-refractivity contribution in [2.45, 2.75) is 19.9 Å². The summed E-state index contributed by atoms with van der Waals surface area (Å²) in [5.74, 6) is 1.38. The summed E-state index contributed by atoms with van der Waals surface area (Å²) in [6.07, 6.45) is 0. The zero-order valence-corrected chi connectivity index (χ0v) is 15.0. The van der Waals surface area contributed by atoms with Crippen molar-refractivity contribution in [3.05, 3.63) is 35.7 Å². The first-order valence-electron chi connectivity index (χ1n) is 8.65. The van der Waals surface area contributed by atoms with E-state index in [-0.39, 0.29) is 11.9 Å². The van der Waals surface area contributed by atoms with Crippen LogP contribution in [0.15, 0.2) is 28.8 Å². The van der Waals surface area contributed by atoms with E-state index in [1.807, 2.05) is 29.2 Å². The van der Waals surface area contributed by atoms with Crippen molar-refractivity contribution < 1.29 is 9.32 Å². The molecule has 2 aromatic rings. The van der Waals surface area contributed by atoms with Crippen molar-refractivity contribution in [2.75, 3.05) is 39.8 Å². The molecule has 7 heteroatoms. The second-order valence-corrected chi connectivity index (χ2v) is 6.45. The fraction of sp³-hybridized carbons (Fsp3) is 0.500. The van der Waals surface area contributed by atoms with Gasteiger partial charge in [0.25, 0.3) is 0 Å². The highest BCUT2D eigenvalue weighted by molar-refractivity contribution is 5.78. The topological polar surface area (TPSA) is 74.5 Å². The maximum absolute atomic E-state index is 11.9. The lowest BCUT2D eigenvalue weighted by Gasteiger charge is -2.36. The van der Waals surface area contributed by atoms with Gasteiger partial charge >= 0.3 is 0 Å². The molecule has 25 heavy (non-hydrogen) atoms. The van der Waals surface area contributed by atoms with Gasteiger partial charge in [-0.1, -0.05) is 35.0 Å². The smallest absolute Gasteiger partial charge is 0.244 e. The summed E-state index contributed by atoms with van der Waals surface area (Å²) in [5.41, 5.74) is 2.15. The molecule has 1 aromatic carbocycles. The molecule has 0 radical (unpaired) electrons. The Balaban J connectivity index is 1.62. The van der Waals surface area contributed by atoms with E-state index in [0.29, 0.717) is 18.3 Å². The predicted octanol–water partition coefficient (Wildman–Crippen LogP) is 1.47. The van der Waals surface area contributed by atoms with Crippen LogP contribution in [-0.4, -0.2) is 65.6 Å². The number of nitrogens with zero attached hydrogens (tertiary/aromatic N) is 4. The van der Waals surface area contributed by atoms with Gasteiger partial charge < -0.3 is 14.7 Å². The molecular formula is C18H25N5O2. The molecule has 0 aliphatic carbocycles. The average Bonchev–Trinajstić information content (AvgIpc) is 3.12. The quantitative estimate of drug-likeness (QED) is 0.886. The first-order chi connectivity index (χ1) is 12.1. The molecule has 1 N–H and O–H groups in total. The Morgan fingerprint density at radius 2 is 1.92 bits per heavy atom. The highest BCUT2D eigenvalue weighted by Crippen LogP contribution is 2.23. The number of piperazine rings is 1. The van der Waals surface area contributed by atoms with Crippen molar-refractivity contribution >= 4 is 5.91 Å². The van der Waals surface area contributed by atoms with Crippen molar-refractivity contribution in [3.63, 3.8) is 0 Å². The van der Waals surface area contributed by atoms with Gasteiger partial charge in [0.1, 0.15) is 0 Å². The maximum atomic E-state index is 11.9. The maximum Gasteiger partial charge on any atom is 0.244 e. The van der Waals surface area contributed by atoms with Crippen LogP contribution >= 0.6 is 0 Å². The third kappa shape index (κ3) is 4.05. The van der Waals surface area contributed by atoms with Crippen LogP contribution in [0.2, 0.25) is 0 Å². The van der Waals surface area contributed by atoms with Gasteiger partial charge in [-0.25, -0.2) is 0 Å². The first kappa shape index (κ1) is 17.6. The van der Waals surface area contributed by atoms with Crippen LogP contribution in [0.5, 0.6) is 0 Å². The van der Waals surface area contributed by atoms with Gasteiger partial charge in [0.15, 0.2) is 0 Å². The van der Waals surface area contributed by atoms with Crippen LogP contribution in [0.25, 0.3) is 11.4 Å². The summed E-state index contributed by atoms with van der Waals surface area (Å²) < 4.78 is 5.48. The second-order valence-electron chi connectivity index (χ2n) is 6.45. The Bertz CT molecular complexity index is 705. The van der Waals surface area contributed by atoms with Crippen LogP contribution in [0, 0.1) is 6.92 Å². The van der Waals surface area contributed by atoms with Crippen LogP contribution in [-0.2, 0) is 4.79 Å². The highest BCUT2D eigenvalue weighted by Gasteiger charge is 2.27. The van der Waals surface area contributed by atoms with Gasteiger partial charge in [-0.3, -0.25) is 9.69 Å². The van der Waals surface area contributed by atoms with E-state index >= 15 is 0 Å². The number of carbonyl (C=O) groups is 1. The molecule has 134 valence electrons.